The van der Waals surface area contributed by atoms with Crippen molar-refractivity contribution in [1.29, 1.82) is 0 Å². The van der Waals surface area contributed by atoms with Crippen molar-refractivity contribution in [2.24, 2.45) is 0 Å². The average molecular weight is 1170 g/mol. The van der Waals surface area contributed by atoms with E-state index in [1.165, 1.54) is 39.8 Å². The molecule has 2 heterocycles. The maximum absolute atomic E-state index is 12.0. The Balaban J connectivity index is 0.00000164. The fraction of sp³-hybridized carbons (Fsp3) is 0.261. The molecule has 0 unspecified atom stereocenters. The van der Waals surface area contributed by atoms with Gasteiger partial charge in [-0.15, -0.1) is 0 Å². The number of fused-ring (bicyclic) bond motifs is 6. The minimum absolute atomic E-state index is 0. The Morgan fingerprint density at radius 3 is 1.07 bits per heavy atom. The van der Waals surface area contributed by atoms with E-state index in [4.69, 9.17) is 9.47 Å². The number of para-hydroxylation sites is 2. The van der Waals surface area contributed by atoms with Crippen LogP contribution in [0.15, 0.2) is 146 Å². The van der Waals surface area contributed by atoms with Gasteiger partial charge < -0.3 is 44.0 Å². The number of aromatic hydroxyl groups is 2. The maximum atomic E-state index is 12.0. The van der Waals surface area contributed by atoms with Crippen molar-refractivity contribution >= 4 is 43.6 Å². The minimum Gasteiger partial charge on any atom is -0.623 e. The van der Waals surface area contributed by atoms with Gasteiger partial charge in [0, 0.05) is 98.6 Å². The first-order valence-electron chi connectivity index (χ1n) is 26.0. The predicted octanol–water partition coefficient (Wildman–Crippen LogP) is 19.5. The first kappa shape index (κ1) is 57.1. The summed E-state index contributed by atoms with van der Waals surface area (Å²) < 4.78 is 11.9. The van der Waals surface area contributed by atoms with Gasteiger partial charge in [-0.1, -0.05) is 163 Å². The molecule has 0 radical (unpaired) electrons. The number of aromatic amines is 2. The van der Waals surface area contributed by atoms with E-state index in [0.717, 1.165) is 83.8 Å². The number of nitrogens with one attached hydrogen (secondary N) is 2. The summed E-state index contributed by atoms with van der Waals surface area (Å²) in [6.45, 7) is 33.7. The molecule has 10 rings (SSSR count). The van der Waals surface area contributed by atoms with Crippen LogP contribution in [0.2, 0.25) is 0 Å². The average Bonchev–Trinajstić information content (AvgIpc) is 3.91. The largest absolute Gasteiger partial charge is 0.623 e. The Kier molecular flexibility index (Phi) is 16.4. The number of aromatic nitrogens is 2. The molecule has 0 spiro atoms. The molecule has 10 aromatic rings. The van der Waals surface area contributed by atoms with E-state index >= 15 is 0 Å². The van der Waals surface area contributed by atoms with Gasteiger partial charge in [0.1, 0.15) is 11.5 Å². The molecule has 392 valence electrons. The van der Waals surface area contributed by atoms with Crippen molar-refractivity contribution in [2.45, 2.75) is 118 Å². The van der Waals surface area contributed by atoms with Gasteiger partial charge in [-0.25, -0.2) is 0 Å². The van der Waals surface area contributed by atoms with Gasteiger partial charge in [-0.3, -0.25) is 0 Å². The Bertz CT molecular complexity index is 3440. The Morgan fingerprint density at radius 1 is 0.421 bits per heavy atom. The first-order valence-corrected chi connectivity index (χ1v) is 26.0. The summed E-state index contributed by atoms with van der Waals surface area (Å²) in [6.07, 6.45) is 1.00. The molecule has 0 amide bonds. The molecule has 0 aliphatic carbocycles. The smallest absolute Gasteiger partial charge is 0.131 e. The molecule has 2 aromatic heterocycles. The second kappa shape index (κ2) is 21.8. The van der Waals surface area contributed by atoms with Crippen LogP contribution >= 0.6 is 0 Å². The van der Waals surface area contributed by atoms with Gasteiger partial charge in [0.25, 0.3) is 0 Å². The quantitative estimate of drug-likeness (QED) is 0.0901. The molecule has 4 N–H and O–H groups in total. The van der Waals surface area contributed by atoms with Crippen LogP contribution in [0.4, 0.5) is 0 Å². The summed E-state index contributed by atoms with van der Waals surface area (Å²) in [6, 6.07) is 49.6. The molecule has 0 saturated heterocycles. The van der Waals surface area contributed by atoms with E-state index in [1.54, 1.807) is 0 Å². The number of phenols is 2. The van der Waals surface area contributed by atoms with E-state index in [1.807, 2.05) is 91.9 Å². The monoisotopic (exact) mass is 1180 g/mol. The fourth-order valence-corrected chi connectivity index (χ4v) is 9.77. The van der Waals surface area contributed by atoms with Crippen molar-refractivity contribution in [3.63, 3.8) is 0 Å². The van der Waals surface area contributed by atoms with Crippen molar-refractivity contribution in [1.82, 2.24) is 9.97 Å². The number of hydrogen-bond acceptors (Lipinski definition) is 4. The normalized spacial score (nSPS) is 12.1. The van der Waals surface area contributed by atoms with Crippen molar-refractivity contribution < 1.29 is 45.5 Å². The van der Waals surface area contributed by atoms with Gasteiger partial charge >= 0.3 is 0 Å². The van der Waals surface area contributed by atoms with Gasteiger partial charge in [-0.2, -0.15) is 6.42 Å². The number of hydrogen-bond donors (Lipinski definition) is 4. The second-order valence-corrected chi connectivity index (χ2v) is 23.9. The van der Waals surface area contributed by atoms with E-state index in [2.05, 4.69) is 161 Å². The third-order valence-electron chi connectivity index (χ3n) is 14.2. The van der Waals surface area contributed by atoms with Crippen LogP contribution < -0.4 is 9.47 Å². The topological polar surface area (TPSA) is 90.5 Å². The van der Waals surface area contributed by atoms with E-state index in [-0.39, 0.29) is 66.4 Å². The molecule has 6 nitrogen and oxygen atoms in total. The summed E-state index contributed by atoms with van der Waals surface area (Å²) in [5, 5.41) is 28.7. The van der Waals surface area contributed by atoms with Crippen LogP contribution in [0.1, 0.15) is 119 Å². The SMILES string of the molecule is CC(C)(C)c1ccc2[nH]c3c(-c4cccc(-c5ccc(O[CH-]Oc6ccc(-c7cccc(-c8cc(C(C)(C)C)cc9c8[nH]c8ccc(C(C)(C)C)cc89)c7O)cc6)cc5)c4O)cc(C(C)(C)C)cc3c2c1.[CH2-]CC.[CH3-].[Hf]. The molecule has 0 atom stereocenters. The number of H-pyrrole nitrogens is 2. The maximum Gasteiger partial charge on any atom is 0.131 e. The zero-order valence-electron chi connectivity index (χ0n) is 47.1. The van der Waals surface area contributed by atoms with Crippen LogP contribution in [-0.2, 0) is 47.5 Å². The van der Waals surface area contributed by atoms with Crippen molar-refractivity contribution in [3.05, 3.63) is 189 Å². The number of benzene rings is 8. The molecule has 76 heavy (non-hydrogen) atoms. The second-order valence-electron chi connectivity index (χ2n) is 23.9. The van der Waals surface area contributed by atoms with Gasteiger partial charge in [-0.05, 0) is 128 Å². The molecule has 0 bridgehead atoms. The van der Waals surface area contributed by atoms with E-state index in [9.17, 15) is 10.2 Å². The summed E-state index contributed by atoms with van der Waals surface area (Å²) in [7, 11) is 0. The number of phenolic OH excluding ortho intramolecular Hbond substituents is 2. The Hall–Kier alpha value is -6.57. The van der Waals surface area contributed by atoms with Gasteiger partial charge in [0.2, 0.25) is 0 Å². The molecule has 0 fully saturated rings. The Morgan fingerprint density at radius 2 is 0.737 bits per heavy atom. The molecular formula is C69H75HfN2O4-3. The summed E-state index contributed by atoms with van der Waals surface area (Å²) in [4.78, 5) is 7.42. The molecule has 0 aliphatic rings. The van der Waals surface area contributed by atoms with Gasteiger partial charge in [0.05, 0.1) is 22.5 Å². The van der Waals surface area contributed by atoms with Crippen LogP contribution in [0.3, 0.4) is 0 Å². The van der Waals surface area contributed by atoms with Crippen LogP contribution in [0.5, 0.6) is 23.0 Å². The van der Waals surface area contributed by atoms with Gasteiger partial charge in [0.15, 0.2) is 0 Å². The number of ether oxygens (including phenoxy) is 2. The summed E-state index contributed by atoms with van der Waals surface area (Å²) in [5.41, 5.74) is 15.6. The number of rotatable bonds is 8. The van der Waals surface area contributed by atoms with Crippen molar-refractivity contribution in [2.75, 3.05) is 0 Å². The van der Waals surface area contributed by atoms with E-state index < -0.39 is 0 Å². The molecular weight excluding hydrogens is 1100 g/mol. The zero-order valence-corrected chi connectivity index (χ0v) is 50.7. The first-order chi connectivity index (χ1) is 34.9. The van der Waals surface area contributed by atoms with E-state index in [0.29, 0.717) is 11.5 Å². The third-order valence-corrected chi connectivity index (χ3v) is 14.2. The molecule has 0 aliphatic heterocycles. The molecule has 7 heteroatoms. The predicted molar refractivity (Wildman–Crippen MR) is 319 cm³/mol. The zero-order chi connectivity index (χ0) is 53.1. The summed E-state index contributed by atoms with van der Waals surface area (Å²) in [5.74, 6) is 1.61. The van der Waals surface area contributed by atoms with Crippen LogP contribution in [0.25, 0.3) is 88.1 Å². The fourth-order valence-electron chi connectivity index (χ4n) is 9.77. The molecule has 0 saturated carbocycles. The minimum atomic E-state index is -0.108. The Labute approximate surface area is 470 Å². The van der Waals surface area contributed by atoms with Crippen LogP contribution in [0, 0.1) is 21.1 Å². The standard InChI is InChI=1S/C65H65N2O4.C3H7.CH3.Hf/c1-62(2,3)40-23-29-56-50(31-40)54-35-42(64(7,8)9)33-52(58(54)66-56)48-17-13-15-46(60(48)68)38-19-25-44(26-20-38)70-37-71-45-27-21-39(22-28-45)47-16-14-18-49(61(47)69)53-34-43(65(10,11)12)36-55-51-32-41(63(4,5)6)24-30-57(51)67-59(53)55;1-3-2;;/h13-37,66-69H,1-12H3;1,3H2,2H3;1H3;/q3*-1;. The molecule has 8 aromatic carbocycles. The van der Waals surface area contributed by atoms with Crippen molar-refractivity contribution in [3.8, 4) is 67.5 Å². The van der Waals surface area contributed by atoms with Crippen LogP contribution in [-0.4, -0.2) is 20.2 Å². The summed E-state index contributed by atoms with van der Waals surface area (Å²) >= 11 is 0. The third kappa shape index (κ3) is 11.4.